The van der Waals surface area contributed by atoms with E-state index < -0.39 is 0 Å². The number of nitrogens with two attached hydrogens (primary N) is 2. The van der Waals surface area contributed by atoms with Gasteiger partial charge in [-0.05, 0) is 11.6 Å². The average Bonchev–Trinajstić information content (AvgIpc) is 2.32. The van der Waals surface area contributed by atoms with Crippen LogP contribution in [0.4, 0.5) is 11.4 Å². The zero-order valence-electron chi connectivity index (χ0n) is 8.78. The predicted octanol–water partition coefficient (Wildman–Crippen LogP) is 4.25. The van der Waals surface area contributed by atoms with Crippen LogP contribution in [0.15, 0.2) is 36.4 Å². The molecule has 0 saturated heterocycles. The lowest BCUT2D eigenvalue weighted by atomic mass is 10.0. The fourth-order valence-corrected chi connectivity index (χ4v) is 1.88. The highest BCUT2D eigenvalue weighted by Gasteiger charge is 2.12. The lowest BCUT2D eigenvalue weighted by Crippen LogP contribution is -1.98. The number of nitrogen functional groups attached to an aromatic ring is 2. The Balaban J connectivity index is 0.00000144. The molecule has 0 saturated carbocycles. The molecule has 0 amide bonds. The van der Waals surface area contributed by atoms with Gasteiger partial charge in [-0.2, -0.15) is 0 Å². The summed E-state index contributed by atoms with van der Waals surface area (Å²) < 4.78 is 0. The molecule has 0 radical (unpaired) electrons. The van der Waals surface area contributed by atoms with Gasteiger partial charge in [0.05, 0.1) is 21.4 Å². The maximum absolute atomic E-state index is 5.97. The van der Waals surface area contributed by atoms with Gasteiger partial charge in [-0.25, -0.2) is 0 Å². The van der Waals surface area contributed by atoms with Crippen LogP contribution in [0, 0.1) is 0 Å². The largest absolute Gasteiger partial charge is 0.397 e. The summed E-state index contributed by atoms with van der Waals surface area (Å²) in [5, 5.41) is 0.714. The van der Waals surface area contributed by atoms with Crippen molar-refractivity contribution in [3.63, 3.8) is 0 Å². The minimum Gasteiger partial charge on any atom is -0.397 e. The molecule has 2 rings (SSSR count). The monoisotopic (exact) mass is 288 g/mol. The second-order valence-electron chi connectivity index (χ2n) is 3.41. The fourth-order valence-electron chi connectivity index (χ4n) is 1.52. The van der Waals surface area contributed by atoms with Crippen LogP contribution in [-0.4, -0.2) is 0 Å². The Morgan fingerprint density at radius 2 is 1.47 bits per heavy atom. The number of anilines is 2. The van der Waals surface area contributed by atoms with Crippen molar-refractivity contribution in [3.8, 4) is 11.1 Å². The van der Waals surface area contributed by atoms with Gasteiger partial charge in [0, 0.05) is 5.56 Å². The van der Waals surface area contributed by atoms with E-state index in [9.17, 15) is 0 Å². The topological polar surface area (TPSA) is 52.0 Å². The Morgan fingerprint density at radius 1 is 0.882 bits per heavy atom. The normalized spacial score (nSPS) is 9.76. The van der Waals surface area contributed by atoms with E-state index in [1.54, 1.807) is 6.07 Å². The summed E-state index contributed by atoms with van der Waals surface area (Å²) in [7, 11) is 0. The number of hydrogen-bond acceptors (Lipinski definition) is 2. The molecular formula is C12H11Cl3N2. The summed E-state index contributed by atoms with van der Waals surface area (Å²) in [5.41, 5.74) is 14.2. The second kappa shape index (κ2) is 5.50. The van der Waals surface area contributed by atoms with Crippen molar-refractivity contribution < 1.29 is 0 Å². The smallest absolute Gasteiger partial charge is 0.0843 e. The second-order valence-corrected chi connectivity index (χ2v) is 4.20. The number of benzene rings is 2. The van der Waals surface area contributed by atoms with Gasteiger partial charge in [-0.3, -0.25) is 0 Å². The van der Waals surface area contributed by atoms with Gasteiger partial charge in [0.15, 0.2) is 0 Å². The van der Waals surface area contributed by atoms with Crippen molar-refractivity contribution >= 4 is 47.0 Å². The van der Waals surface area contributed by atoms with Crippen molar-refractivity contribution in [1.29, 1.82) is 0 Å². The molecule has 0 fully saturated rings. The maximum atomic E-state index is 5.97. The third kappa shape index (κ3) is 2.60. The van der Waals surface area contributed by atoms with E-state index in [2.05, 4.69) is 0 Å². The van der Waals surface area contributed by atoms with E-state index in [-0.39, 0.29) is 12.4 Å². The molecule has 2 nitrogen and oxygen atoms in total. The molecule has 0 atom stereocenters. The first-order valence-corrected chi connectivity index (χ1v) is 5.45. The molecule has 2 aromatic rings. The van der Waals surface area contributed by atoms with E-state index in [0.717, 1.165) is 11.1 Å². The summed E-state index contributed by atoms with van der Waals surface area (Å²) in [6.07, 6.45) is 0. The highest BCUT2D eigenvalue weighted by Crippen LogP contribution is 2.39. The Hall–Kier alpha value is -1.09. The Morgan fingerprint density at radius 3 is 2.06 bits per heavy atom. The van der Waals surface area contributed by atoms with Crippen molar-refractivity contribution in [1.82, 2.24) is 0 Å². The van der Waals surface area contributed by atoms with E-state index in [4.69, 9.17) is 34.7 Å². The van der Waals surface area contributed by atoms with E-state index in [0.29, 0.717) is 21.4 Å². The lowest BCUT2D eigenvalue weighted by molar-refractivity contribution is 1.60. The summed E-state index contributed by atoms with van der Waals surface area (Å²) in [4.78, 5) is 0. The Labute approximate surface area is 116 Å². The summed E-state index contributed by atoms with van der Waals surface area (Å²) in [6, 6.07) is 11.4. The van der Waals surface area contributed by atoms with Gasteiger partial charge in [0.2, 0.25) is 0 Å². The average molecular weight is 290 g/mol. The summed E-state index contributed by atoms with van der Waals surface area (Å²) in [5.74, 6) is 0. The lowest BCUT2D eigenvalue weighted by Gasteiger charge is -2.11. The molecule has 90 valence electrons. The molecule has 0 heterocycles. The molecule has 0 aliphatic rings. The third-order valence-electron chi connectivity index (χ3n) is 2.38. The van der Waals surface area contributed by atoms with Crippen LogP contribution in [-0.2, 0) is 0 Å². The molecule has 5 heteroatoms. The zero-order valence-corrected chi connectivity index (χ0v) is 11.1. The van der Waals surface area contributed by atoms with Gasteiger partial charge in [0.1, 0.15) is 0 Å². The molecule has 0 aliphatic heterocycles. The third-order valence-corrected chi connectivity index (χ3v) is 3.18. The quantitative estimate of drug-likeness (QED) is 0.771. The number of halogens is 3. The molecule has 2 aromatic carbocycles. The SMILES string of the molecule is Cl.Nc1c(-c2ccccc2)cc(Cl)c(Cl)c1N. The Bertz CT molecular complexity index is 527. The van der Waals surface area contributed by atoms with Gasteiger partial charge in [-0.1, -0.05) is 53.5 Å². The van der Waals surface area contributed by atoms with Crippen LogP contribution in [0.1, 0.15) is 0 Å². The molecule has 17 heavy (non-hydrogen) atoms. The highest BCUT2D eigenvalue weighted by molar-refractivity contribution is 6.44. The van der Waals surface area contributed by atoms with Gasteiger partial charge < -0.3 is 11.5 Å². The minimum atomic E-state index is 0. The number of rotatable bonds is 1. The first-order chi connectivity index (χ1) is 7.61. The van der Waals surface area contributed by atoms with Crippen LogP contribution < -0.4 is 11.5 Å². The fraction of sp³-hybridized carbons (Fsp3) is 0. The van der Waals surface area contributed by atoms with Crippen LogP contribution in [0.2, 0.25) is 10.0 Å². The van der Waals surface area contributed by atoms with Crippen molar-refractivity contribution in [2.24, 2.45) is 0 Å². The number of hydrogen-bond donors (Lipinski definition) is 2. The van der Waals surface area contributed by atoms with Crippen LogP contribution in [0.25, 0.3) is 11.1 Å². The first-order valence-electron chi connectivity index (χ1n) is 4.69. The maximum Gasteiger partial charge on any atom is 0.0843 e. The van der Waals surface area contributed by atoms with E-state index in [1.165, 1.54) is 0 Å². The molecule has 0 spiro atoms. The first kappa shape index (κ1) is 14.0. The van der Waals surface area contributed by atoms with E-state index in [1.807, 2.05) is 30.3 Å². The van der Waals surface area contributed by atoms with Crippen molar-refractivity contribution in [2.75, 3.05) is 11.5 Å². The van der Waals surface area contributed by atoms with E-state index >= 15 is 0 Å². The molecule has 0 unspecified atom stereocenters. The minimum absolute atomic E-state index is 0. The van der Waals surface area contributed by atoms with Crippen LogP contribution in [0.5, 0.6) is 0 Å². The van der Waals surface area contributed by atoms with Gasteiger partial charge in [0.25, 0.3) is 0 Å². The van der Waals surface area contributed by atoms with Gasteiger partial charge in [-0.15, -0.1) is 12.4 Å². The molecule has 0 bridgehead atoms. The molecule has 0 aliphatic carbocycles. The molecular weight excluding hydrogens is 279 g/mol. The Kier molecular flexibility index (Phi) is 4.52. The molecule has 4 N–H and O–H groups in total. The van der Waals surface area contributed by atoms with Crippen molar-refractivity contribution in [2.45, 2.75) is 0 Å². The van der Waals surface area contributed by atoms with Crippen LogP contribution in [0.3, 0.4) is 0 Å². The van der Waals surface area contributed by atoms with Crippen LogP contribution >= 0.6 is 35.6 Å². The molecule has 0 aromatic heterocycles. The standard InChI is InChI=1S/C12H10Cl2N2.ClH/c13-9-6-8(7-4-2-1-3-5-7)11(15)12(16)10(9)14;/h1-6H,15-16H2;1H. The summed E-state index contributed by atoms with van der Waals surface area (Å²) >= 11 is 11.9. The van der Waals surface area contributed by atoms with Crippen molar-refractivity contribution in [3.05, 3.63) is 46.4 Å². The zero-order chi connectivity index (χ0) is 11.7. The predicted molar refractivity (Wildman–Crippen MR) is 78.0 cm³/mol. The summed E-state index contributed by atoms with van der Waals surface area (Å²) in [6.45, 7) is 0. The van der Waals surface area contributed by atoms with Gasteiger partial charge >= 0.3 is 0 Å². The highest BCUT2D eigenvalue weighted by atomic mass is 35.5.